The van der Waals surface area contributed by atoms with Gasteiger partial charge in [-0.3, -0.25) is 14.5 Å². The van der Waals surface area contributed by atoms with Gasteiger partial charge in [-0.15, -0.1) is 0 Å². The van der Waals surface area contributed by atoms with Gasteiger partial charge in [-0.2, -0.15) is 0 Å². The maximum Gasteiger partial charge on any atom is 0.321 e. The van der Waals surface area contributed by atoms with Gasteiger partial charge in [-0.25, -0.2) is 8.78 Å². The number of halogens is 2. The van der Waals surface area contributed by atoms with Crippen molar-refractivity contribution < 1.29 is 23.5 Å². The van der Waals surface area contributed by atoms with E-state index in [2.05, 4.69) is 40.9 Å². The summed E-state index contributed by atoms with van der Waals surface area (Å²) in [5.74, 6) is -2.06. The Labute approximate surface area is 221 Å². The van der Waals surface area contributed by atoms with E-state index in [-0.39, 0.29) is 17.4 Å². The van der Waals surface area contributed by atoms with Crippen molar-refractivity contribution in [3.63, 3.8) is 0 Å². The number of carboxylic acid groups (broad SMARTS) is 1. The molecule has 6 nitrogen and oxygen atoms in total. The molecule has 1 unspecified atom stereocenters. The van der Waals surface area contributed by atoms with Gasteiger partial charge < -0.3 is 14.6 Å². The first-order valence-corrected chi connectivity index (χ1v) is 13.2. The molecule has 2 aliphatic rings. The summed E-state index contributed by atoms with van der Waals surface area (Å²) in [6, 6.07) is 11.0. The van der Waals surface area contributed by atoms with Crippen molar-refractivity contribution in [3.8, 4) is 0 Å². The highest BCUT2D eigenvalue weighted by molar-refractivity contribution is 5.91. The molecule has 0 radical (unpaired) electrons. The second-order valence-corrected chi connectivity index (χ2v) is 10.5. The Hall–Kier alpha value is -3.52. The first-order chi connectivity index (χ1) is 18.3. The molecule has 3 aromatic rings. The van der Waals surface area contributed by atoms with Gasteiger partial charge in [0, 0.05) is 49.4 Å². The lowest BCUT2D eigenvalue weighted by molar-refractivity contribution is -0.147. The number of carbonyl (C=O) groups excluding carboxylic acids is 1. The van der Waals surface area contributed by atoms with E-state index in [0.29, 0.717) is 31.8 Å². The molecule has 5 rings (SSSR count). The molecule has 0 spiro atoms. The van der Waals surface area contributed by atoms with Gasteiger partial charge in [0.1, 0.15) is 17.7 Å². The zero-order valence-electron chi connectivity index (χ0n) is 21.5. The van der Waals surface area contributed by atoms with E-state index in [4.69, 9.17) is 0 Å². The summed E-state index contributed by atoms with van der Waals surface area (Å²) < 4.78 is 29.0. The van der Waals surface area contributed by atoms with Gasteiger partial charge >= 0.3 is 5.97 Å². The Balaban J connectivity index is 1.18. The quantitative estimate of drug-likeness (QED) is 0.462. The molecule has 1 aromatic heterocycles. The van der Waals surface area contributed by atoms with E-state index < -0.39 is 23.6 Å². The topological polar surface area (TPSA) is 65.8 Å². The molecule has 2 fully saturated rings. The van der Waals surface area contributed by atoms with E-state index in [1.54, 1.807) is 4.90 Å². The fourth-order valence-electron chi connectivity index (χ4n) is 6.22. The number of fused-ring (bicyclic) bond motifs is 1. The summed E-state index contributed by atoms with van der Waals surface area (Å²) in [7, 11) is 2.07. The number of para-hydroxylation sites is 1. The monoisotopic (exact) mass is 521 g/mol. The third-order valence-electron chi connectivity index (χ3n) is 8.14. The number of likely N-dealkylation sites (tertiary alicyclic amines) is 2. The predicted molar refractivity (Wildman–Crippen MR) is 143 cm³/mol. The maximum atomic E-state index is 13.4. The van der Waals surface area contributed by atoms with Gasteiger partial charge in [0.25, 0.3) is 0 Å². The minimum absolute atomic E-state index is 0.0352. The summed E-state index contributed by atoms with van der Waals surface area (Å²) in [5.41, 5.74) is 2.84. The fourth-order valence-corrected chi connectivity index (χ4v) is 6.22. The minimum atomic E-state index is -0.800. The second kappa shape index (κ2) is 11.1. The molecule has 1 N–H and O–H groups in total. The molecule has 2 aromatic carbocycles. The summed E-state index contributed by atoms with van der Waals surface area (Å²) in [6.07, 6.45) is 7.98. The Morgan fingerprint density at radius 3 is 2.29 bits per heavy atom. The molecule has 3 heterocycles. The lowest BCUT2D eigenvalue weighted by Gasteiger charge is -2.41. The van der Waals surface area contributed by atoms with E-state index >= 15 is 0 Å². The Morgan fingerprint density at radius 1 is 0.974 bits per heavy atom. The average molecular weight is 522 g/mol. The molecule has 1 amide bonds. The number of amides is 1. The van der Waals surface area contributed by atoms with Crippen molar-refractivity contribution in [1.29, 1.82) is 0 Å². The highest BCUT2D eigenvalue weighted by atomic mass is 19.1. The second-order valence-electron chi connectivity index (χ2n) is 10.5. The maximum absolute atomic E-state index is 13.4. The highest BCUT2D eigenvalue weighted by Crippen LogP contribution is 2.36. The molecule has 2 aliphatic heterocycles. The van der Waals surface area contributed by atoms with E-state index in [9.17, 15) is 23.5 Å². The normalized spacial score (nSPS) is 18.9. The number of aliphatic carboxylic acids is 1. The SMILES string of the molecule is Cn1cc(C2CCN(C(C(=O)O)C3CCN(C(=O)/C=C/c4cc(F)cc(F)c4)CC3)CC2)c2ccccc21. The fraction of sp³-hybridized carbons (Fsp3) is 0.400. The summed E-state index contributed by atoms with van der Waals surface area (Å²) in [6.45, 7) is 2.39. The van der Waals surface area contributed by atoms with Crippen molar-refractivity contribution in [2.24, 2.45) is 13.0 Å². The third-order valence-corrected chi connectivity index (χ3v) is 8.14. The van der Waals surface area contributed by atoms with Crippen molar-refractivity contribution in [2.45, 2.75) is 37.6 Å². The number of hydrogen-bond donors (Lipinski definition) is 1. The van der Waals surface area contributed by atoms with Gasteiger partial charge in [0.15, 0.2) is 0 Å². The summed E-state index contributed by atoms with van der Waals surface area (Å²) in [5, 5.41) is 11.4. The van der Waals surface area contributed by atoms with E-state index in [1.165, 1.54) is 40.8 Å². The highest BCUT2D eigenvalue weighted by Gasteiger charge is 2.38. The number of hydrogen-bond acceptors (Lipinski definition) is 3. The number of piperidine rings is 2. The van der Waals surface area contributed by atoms with Crippen LogP contribution in [0.2, 0.25) is 0 Å². The number of carboxylic acids is 1. The van der Waals surface area contributed by atoms with Crippen molar-refractivity contribution in [3.05, 3.63) is 77.5 Å². The first kappa shape index (κ1) is 26.1. The minimum Gasteiger partial charge on any atom is -0.480 e. The number of aromatic nitrogens is 1. The zero-order valence-corrected chi connectivity index (χ0v) is 21.5. The molecular weight excluding hydrogens is 488 g/mol. The van der Waals surface area contributed by atoms with Gasteiger partial charge in [0.2, 0.25) is 5.91 Å². The number of nitrogens with zero attached hydrogens (tertiary/aromatic N) is 3. The summed E-state index contributed by atoms with van der Waals surface area (Å²) in [4.78, 5) is 28.8. The molecule has 0 bridgehead atoms. The Morgan fingerprint density at radius 2 is 1.63 bits per heavy atom. The van der Waals surface area contributed by atoms with Crippen LogP contribution in [-0.2, 0) is 16.6 Å². The van der Waals surface area contributed by atoms with Crippen LogP contribution in [0, 0.1) is 17.6 Å². The lowest BCUT2D eigenvalue weighted by atomic mass is 9.84. The average Bonchev–Trinajstić information content (AvgIpc) is 3.24. The number of rotatable bonds is 6. The predicted octanol–water partition coefficient (Wildman–Crippen LogP) is 5.04. The van der Waals surface area contributed by atoms with Gasteiger partial charge in [-0.1, -0.05) is 18.2 Å². The van der Waals surface area contributed by atoms with Gasteiger partial charge in [-0.05, 0) is 86.0 Å². The third kappa shape index (κ3) is 5.50. The van der Waals surface area contributed by atoms with Crippen LogP contribution >= 0.6 is 0 Å². The van der Waals surface area contributed by atoms with E-state index in [0.717, 1.165) is 32.0 Å². The number of carbonyl (C=O) groups is 2. The molecule has 38 heavy (non-hydrogen) atoms. The first-order valence-electron chi connectivity index (χ1n) is 13.2. The van der Waals surface area contributed by atoms with Crippen LogP contribution in [0.3, 0.4) is 0 Å². The molecule has 0 aliphatic carbocycles. The largest absolute Gasteiger partial charge is 0.480 e. The van der Waals surface area contributed by atoms with Crippen LogP contribution in [0.25, 0.3) is 17.0 Å². The van der Waals surface area contributed by atoms with Crippen LogP contribution in [0.1, 0.15) is 42.7 Å². The molecule has 1 atom stereocenters. The van der Waals surface area contributed by atoms with Crippen molar-refractivity contribution >= 4 is 28.9 Å². The number of benzene rings is 2. The molecule has 8 heteroatoms. The van der Waals surface area contributed by atoms with Crippen LogP contribution < -0.4 is 0 Å². The van der Waals surface area contributed by atoms with Crippen LogP contribution in [0.4, 0.5) is 8.78 Å². The van der Waals surface area contributed by atoms with Crippen LogP contribution in [-0.4, -0.2) is 63.6 Å². The number of aryl methyl sites for hydroxylation is 1. The van der Waals surface area contributed by atoms with Crippen LogP contribution in [0.15, 0.2) is 54.7 Å². The Bertz CT molecular complexity index is 1330. The molecule has 2 saturated heterocycles. The smallest absolute Gasteiger partial charge is 0.321 e. The summed E-state index contributed by atoms with van der Waals surface area (Å²) >= 11 is 0. The lowest BCUT2D eigenvalue weighted by Crippen LogP contribution is -2.52. The zero-order chi connectivity index (χ0) is 26.8. The van der Waals surface area contributed by atoms with Crippen molar-refractivity contribution in [2.75, 3.05) is 26.2 Å². The van der Waals surface area contributed by atoms with Gasteiger partial charge in [0.05, 0.1) is 0 Å². The van der Waals surface area contributed by atoms with E-state index in [1.807, 2.05) is 6.07 Å². The Kier molecular flexibility index (Phi) is 7.61. The molecule has 0 saturated carbocycles. The van der Waals surface area contributed by atoms with Crippen LogP contribution in [0.5, 0.6) is 0 Å². The molecule has 200 valence electrons. The molecular formula is C30H33F2N3O3. The van der Waals surface area contributed by atoms with Crippen molar-refractivity contribution in [1.82, 2.24) is 14.4 Å². The standard InChI is InChI=1S/C30H33F2N3O3/c1-33-19-26(25-4-2-3-5-27(25)33)21-8-14-35(15-9-21)29(30(37)38)22-10-12-34(13-11-22)28(36)7-6-20-16-23(31)18-24(32)17-20/h2-7,16-19,21-22,29H,8-15H2,1H3,(H,37,38)/b7-6+.